The Morgan fingerprint density at radius 3 is 2.82 bits per heavy atom. The van der Waals surface area contributed by atoms with Gasteiger partial charge in [0.05, 0.1) is 10.9 Å². The molecule has 10 heteroatoms. The van der Waals surface area contributed by atoms with Gasteiger partial charge in [0.2, 0.25) is 5.43 Å². The summed E-state index contributed by atoms with van der Waals surface area (Å²) in [5, 5.41) is 13.0. The van der Waals surface area contributed by atoms with Crippen molar-refractivity contribution in [1.82, 2.24) is 9.88 Å². The lowest BCUT2D eigenvalue weighted by Gasteiger charge is -2.32. The number of pyridine rings is 1. The van der Waals surface area contributed by atoms with E-state index in [-0.39, 0.29) is 24.3 Å². The summed E-state index contributed by atoms with van der Waals surface area (Å²) in [6, 6.07) is 1.16. The van der Waals surface area contributed by atoms with Gasteiger partial charge in [0.25, 0.3) is 0 Å². The van der Waals surface area contributed by atoms with Gasteiger partial charge >= 0.3 is 11.9 Å². The van der Waals surface area contributed by atoms with Crippen molar-refractivity contribution in [1.29, 1.82) is 0 Å². The van der Waals surface area contributed by atoms with Gasteiger partial charge in [-0.3, -0.25) is 9.59 Å². The topological polar surface area (TPSA) is 110 Å². The van der Waals surface area contributed by atoms with E-state index < -0.39 is 34.8 Å². The van der Waals surface area contributed by atoms with E-state index in [9.17, 15) is 19.5 Å². The van der Waals surface area contributed by atoms with Crippen LogP contribution >= 0.6 is 0 Å². The summed E-state index contributed by atoms with van der Waals surface area (Å²) in [4.78, 5) is 37.8. The van der Waals surface area contributed by atoms with Gasteiger partial charge in [-0.1, -0.05) is 0 Å². The van der Waals surface area contributed by atoms with Crippen LogP contribution in [0.4, 0.5) is 10.1 Å². The quantitative estimate of drug-likeness (QED) is 0.605. The summed E-state index contributed by atoms with van der Waals surface area (Å²) in [5.74, 6) is -1.89. The highest BCUT2D eigenvalue weighted by atomic mass is 19.1. The minimum Gasteiger partial charge on any atom is -0.487 e. The third-order valence-electron chi connectivity index (χ3n) is 6.60. The Morgan fingerprint density at radius 2 is 2.12 bits per heavy atom. The van der Waals surface area contributed by atoms with E-state index in [1.165, 1.54) is 26.0 Å². The molecular weight excluding hydrogens is 433 g/mol. The first-order valence-electron chi connectivity index (χ1n) is 11.2. The second kappa shape index (κ2) is 8.33. The summed E-state index contributed by atoms with van der Waals surface area (Å²) >= 11 is 0. The van der Waals surface area contributed by atoms with Crippen LogP contribution in [0, 0.1) is 11.7 Å². The van der Waals surface area contributed by atoms with Crippen molar-refractivity contribution in [2.75, 3.05) is 37.7 Å². The van der Waals surface area contributed by atoms with E-state index >= 15 is 4.39 Å². The highest BCUT2D eigenvalue weighted by molar-refractivity contribution is 5.97. The SMILES string of the molecule is CC(=O)OC[C@@H]1COc2c(N3CC[C@@H](CNC4CC4)C3)c(F)cc3c(=O)c(C(=O)O)cn1c23. The number of carboxylic acid groups (broad SMARTS) is 1. The second-order valence-electron chi connectivity index (χ2n) is 9.07. The summed E-state index contributed by atoms with van der Waals surface area (Å²) in [6.07, 6.45) is 4.56. The first-order valence-corrected chi connectivity index (χ1v) is 11.2. The number of carbonyl (C=O) groups excluding carboxylic acids is 1. The average molecular weight is 459 g/mol. The van der Waals surface area contributed by atoms with E-state index in [0.717, 1.165) is 19.0 Å². The number of hydrogen-bond acceptors (Lipinski definition) is 7. The molecule has 0 unspecified atom stereocenters. The van der Waals surface area contributed by atoms with E-state index in [2.05, 4.69) is 5.32 Å². The van der Waals surface area contributed by atoms with Gasteiger partial charge in [0.1, 0.15) is 30.5 Å². The molecule has 0 bridgehead atoms. The largest absolute Gasteiger partial charge is 0.487 e. The number of carboxylic acids is 1. The molecule has 1 saturated carbocycles. The van der Waals surface area contributed by atoms with Crippen molar-refractivity contribution in [3.8, 4) is 5.75 Å². The zero-order valence-electron chi connectivity index (χ0n) is 18.3. The fourth-order valence-corrected chi connectivity index (χ4v) is 4.74. The van der Waals surface area contributed by atoms with E-state index in [0.29, 0.717) is 36.3 Å². The monoisotopic (exact) mass is 459 g/mol. The van der Waals surface area contributed by atoms with Crippen LogP contribution in [-0.4, -0.2) is 60.5 Å². The van der Waals surface area contributed by atoms with E-state index in [4.69, 9.17) is 9.47 Å². The molecule has 2 fully saturated rings. The number of carbonyl (C=O) groups is 2. The molecule has 3 heterocycles. The Kier molecular flexibility index (Phi) is 5.48. The van der Waals surface area contributed by atoms with E-state index in [1.807, 2.05) is 4.90 Å². The standard InChI is InChI=1S/C23H26FN3O6/c1-12(28)32-10-15-11-33-22-19-16(21(29)17(23(30)31)9-27(15)19)6-18(24)20(22)26-5-4-13(8-26)7-25-14-2-3-14/h6,9,13-15,25H,2-5,7-8,10-11H2,1H3,(H,30,31)/t13-,15+/m0/s1. The minimum absolute atomic E-state index is 0.0499. The molecule has 0 radical (unpaired) electrons. The maximum atomic E-state index is 15.4. The van der Waals surface area contributed by atoms with Gasteiger partial charge in [-0.15, -0.1) is 0 Å². The van der Waals surface area contributed by atoms with Gasteiger partial charge in [-0.25, -0.2) is 9.18 Å². The lowest BCUT2D eigenvalue weighted by Crippen LogP contribution is -2.33. The molecule has 0 amide bonds. The van der Waals surface area contributed by atoms with Crippen LogP contribution in [0.25, 0.3) is 10.9 Å². The number of hydrogen-bond donors (Lipinski definition) is 2. The highest BCUT2D eigenvalue weighted by Gasteiger charge is 2.34. The molecule has 1 aromatic carbocycles. The molecule has 2 aromatic rings. The number of benzene rings is 1. The van der Waals surface area contributed by atoms with Gasteiger partial charge in [-0.05, 0) is 37.8 Å². The molecule has 9 nitrogen and oxygen atoms in total. The first kappa shape index (κ1) is 21.7. The molecule has 2 atom stereocenters. The zero-order valence-corrected chi connectivity index (χ0v) is 18.3. The van der Waals surface area contributed by atoms with Crippen LogP contribution in [-0.2, 0) is 9.53 Å². The smallest absolute Gasteiger partial charge is 0.341 e. The molecule has 1 aliphatic carbocycles. The number of rotatable bonds is 7. The van der Waals surface area contributed by atoms with Gasteiger partial charge < -0.3 is 29.4 Å². The van der Waals surface area contributed by atoms with Crippen molar-refractivity contribution < 1.29 is 28.6 Å². The van der Waals surface area contributed by atoms with Crippen LogP contribution in [0.2, 0.25) is 0 Å². The third-order valence-corrected chi connectivity index (χ3v) is 6.60. The lowest BCUT2D eigenvalue weighted by molar-refractivity contribution is -0.142. The van der Waals surface area contributed by atoms with Crippen molar-refractivity contribution in [3.63, 3.8) is 0 Å². The molecule has 33 heavy (non-hydrogen) atoms. The van der Waals surface area contributed by atoms with E-state index in [1.54, 1.807) is 4.57 Å². The van der Waals surface area contributed by atoms with Crippen molar-refractivity contribution in [3.05, 3.63) is 33.9 Å². The number of anilines is 1. The van der Waals surface area contributed by atoms with Gasteiger partial charge in [0.15, 0.2) is 11.6 Å². The van der Waals surface area contributed by atoms with Crippen molar-refractivity contribution in [2.24, 2.45) is 5.92 Å². The summed E-state index contributed by atoms with van der Waals surface area (Å²) in [6.45, 7) is 3.46. The number of nitrogens with one attached hydrogen (secondary N) is 1. The van der Waals surface area contributed by atoms with Crippen LogP contribution in [0.1, 0.15) is 42.6 Å². The molecule has 1 aromatic heterocycles. The normalized spacial score (nSPS) is 21.8. The Bertz CT molecular complexity index is 1190. The van der Waals surface area contributed by atoms with Crippen LogP contribution in [0.5, 0.6) is 5.75 Å². The number of nitrogens with zero attached hydrogens (tertiary/aromatic N) is 2. The summed E-state index contributed by atoms with van der Waals surface area (Å²) in [5.41, 5.74) is -0.629. The van der Waals surface area contributed by atoms with Crippen LogP contribution < -0.4 is 20.4 Å². The number of ether oxygens (including phenoxy) is 2. The maximum Gasteiger partial charge on any atom is 0.341 e. The minimum atomic E-state index is -1.40. The highest BCUT2D eigenvalue weighted by Crippen LogP contribution is 2.43. The lowest BCUT2D eigenvalue weighted by atomic mass is 10.1. The van der Waals surface area contributed by atoms with Gasteiger partial charge in [0, 0.05) is 32.3 Å². The summed E-state index contributed by atoms with van der Waals surface area (Å²) < 4.78 is 28.1. The predicted octanol–water partition coefficient (Wildman–Crippen LogP) is 1.91. The first-order chi connectivity index (χ1) is 15.8. The molecule has 2 aliphatic heterocycles. The number of aromatic carboxylic acids is 1. The number of aromatic nitrogens is 1. The Balaban J connectivity index is 1.58. The predicted molar refractivity (Wildman–Crippen MR) is 118 cm³/mol. The van der Waals surface area contributed by atoms with Crippen LogP contribution in [0.15, 0.2) is 17.1 Å². The Labute approximate surface area is 189 Å². The number of esters is 1. The molecule has 176 valence electrons. The van der Waals surface area contributed by atoms with Crippen molar-refractivity contribution in [2.45, 2.75) is 38.3 Å². The van der Waals surface area contributed by atoms with Crippen LogP contribution in [0.3, 0.4) is 0 Å². The fourth-order valence-electron chi connectivity index (χ4n) is 4.74. The number of halogens is 1. The third kappa shape index (κ3) is 4.03. The molecule has 3 aliphatic rings. The summed E-state index contributed by atoms with van der Waals surface area (Å²) in [7, 11) is 0. The molecule has 0 spiro atoms. The molecular formula is C23H26FN3O6. The Morgan fingerprint density at radius 1 is 1.33 bits per heavy atom. The Hall–Kier alpha value is -3.14. The molecule has 1 saturated heterocycles. The molecule has 2 N–H and O–H groups in total. The maximum absolute atomic E-state index is 15.4. The molecule has 5 rings (SSSR count). The van der Waals surface area contributed by atoms with Gasteiger partial charge in [-0.2, -0.15) is 0 Å². The van der Waals surface area contributed by atoms with Crippen molar-refractivity contribution >= 4 is 28.5 Å². The second-order valence-corrected chi connectivity index (χ2v) is 9.07. The zero-order chi connectivity index (χ0) is 23.3. The fraction of sp³-hybridized carbons (Fsp3) is 0.522. The average Bonchev–Trinajstić information content (AvgIpc) is 3.49.